The van der Waals surface area contributed by atoms with Crippen molar-refractivity contribution in [2.24, 2.45) is 5.92 Å². The summed E-state index contributed by atoms with van der Waals surface area (Å²) in [6.07, 6.45) is 2.46. The van der Waals surface area contributed by atoms with Gasteiger partial charge in [-0.25, -0.2) is 0 Å². The van der Waals surface area contributed by atoms with Crippen molar-refractivity contribution in [3.8, 4) is 0 Å². The summed E-state index contributed by atoms with van der Waals surface area (Å²) in [5.74, 6) is -1.29. The van der Waals surface area contributed by atoms with Crippen LogP contribution < -0.4 is 5.32 Å². The van der Waals surface area contributed by atoms with Gasteiger partial charge in [-0.3, -0.25) is 9.59 Å². The van der Waals surface area contributed by atoms with Gasteiger partial charge >= 0.3 is 5.97 Å². The first-order valence-corrected chi connectivity index (χ1v) is 7.64. The first-order chi connectivity index (χ1) is 11.0. The molecule has 0 aliphatic carbocycles. The third kappa shape index (κ3) is 4.45. The Balaban J connectivity index is 2.00. The second kappa shape index (κ2) is 7.63. The molecule has 122 valence electrons. The fourth-order valence-electron chi connectivity index (χ4n) is 2.50. The van der Waals surface area contributed by atoms with Crippen LogP contribution in [0.2, 0.25) is 0 Å². The number of carbonyl (C=O) groups excluding carboxylic acids is 1. The third-order valence-electron chi connectivity index (χ3n) is 3.73. The van der Waals surface area contributed by atoms with E-state index in [-0.39, 0.29) is 12.5 Å². The molecule has 2 aromatic rings. The molecule has 0 fully saturated rings. The van der Waals surface area contributed by atoms with E-state index < -0.39 is 11.9 Å². The molecule has 2 rings (SSSR count). The van der Waals surface area contributed by atoms with Crippen molar-refractivity contribution in [1.29, 1.82) is 0 Å². The summed E-state index contributed by atoms with van der Waals surface area (Å²) in [5, 5.41) is 12.1. The monoisotopic (exact) mass is 315 g/mol. The van der Waals surface area contributed by atoms with Gasteiger partial charge in [0.25, 0.3) is 5.91 Å². The second-order valence-corrected chi connectivity index (χ2v) is 5.55. The van der Waals surface area contributed by atoms with Crippen molar-refractivity contribution in [3.05, 3.63) is 59.0 Å². The zero-order valence-electron chi connectivity index (χ0n) is 13.3. The molecule has 23 heavy (non-hydrogen) atoms. The Hall–Kier alpha value is -2.56. The van der Waals surface area contributed by atoms with Crippen LogP contribution in [-0.4, -0.2) is 23.5 Å². The Kier molecular flexibility index (Phi) is 5.57. The Morgan fingerprint density at radius 2 is 2.09 bits per heavy atom. The van der Waals surface area contributed by atoms with Crippen LogP contribution in [0.5, 0.6) is 0 Å². The van der Waals surface area contributed by atoms with Gasteiger partial charge in [0.1, 0.15) is 5.76 Å². The van der Waals surface area contributed by atoms with Crippen LogP contribution in [0.15, 0.2) is 41.0 Å². The van der Waals surface area contributed by atoms with Crippen molar-refractivity contribution in [3.63, 3.8) is 0 Å². The van der Waals surface area contributed by atoms with E-state index in [1.54, 1.807) is 6.07 Å². The largest absolute Gasteiger partial charge is 0.481 e. The first-order valence-electron chi connectivity index (χ1n) is 7.64. The number of carbonyl (C=O) groups is 2. The van der Waals surface area contributed by atoms with Gasteiger partial charge in [-0.15, -0.1) is 0 Å². The Labute approximate surface area is 135 Å². The van der Waals surface area contributed by atoms with E-state index in [0.29, 0.717) is 24.2 Å². The predicted octanol–water partition coefficient (Wildman–Crippen LogP) is 2.82. The maximum absolute atomic E-state index is 12.2. The minimum atomic E-state index is -0.922. The molecule has 5 nitrogen and oxygen atoms in total. The summed E-state index contributed by atoms with van der Waals surface area (Å²) < 4.78 is 5.22. The highest BCUT2D eigenvalue weighted by Gasteiger charge is 2.21. The van der Waals surface area contributed by atoms with Crippen LogP contribution in [0.1, 0.15) is 34.2 Å². The molecule has 0 bridgehead atoms. The molecule has 1 atom stereocenters. The second-order valence-electron chi connectivity index (χ2n) is 5.55. The lowest BCUT2D eigenvalue weighted by Gasteiger charge is -2.14. The number of benzene rings is 1. The lowest BCUT2D eigenvalue weighted by molar-refractivity contribution is -0.141. The number of hydrogen-bond donors (Lipinski definition) is 2. The first kappa shape index (κ1) is 16.8. The zero-order chi connectivity index (χ0) is 16.8. The zero-order valence-corrected chi connectivity index (χ0v) is 13.3. The van der Waals surface area contributed by atoms with Gasteiger partial charge in [0, 0.05) is 13.0 Å². The average Bonchev–Trinajstić information content (AvgIpc) is 2.99. The van der Waals surface area contributed by atoms with E-state index >= 15 is 0 Å². The van der Waals surface area contributed by atoms with Crippen LogP contribution in [0.3, 0.4) is 0 Å². The molecule has 5 heteroatoms. The van der Waals surface area contributed by atoms with E-state index in [1.165, 1.54) is 6.26 Å². The molecule has 0 aliphatic rings. The highest BCUT2D eigenvalue weighted by Crippen LogP contribution is 2.13. The molecule has 1 heterocycles. The summed E-state index contributed by atoms with van der Waals surface area (Å²) >= 11 is 0. The molecule has 1 unspecified atom stereocenters. The van der Waals surface area contributed by atoms with Gasteiger partial charge in [0.15, 0.2) is 0 Å². The molecular weight excluding hydrogens is 294 g/mol. The summed E-state index contributed by atoms with van der Waals surface area (Å²) in [4.78, 5) is 23.6. The van der Waals surface area contributed by atoms with Crippen LogP contribution in [0, 0.1) is 12.8 Å². The number of furan rings is 1. The third-order valence-corrected chi connectivity index (χ3v) is 3.73. The average molecular weight is 315 g/mol. The van der Waals surface area contributed by atoms with Gasteiger partial charge in [-0.05, 0) is 25.0 Å². The van der Waals surface area contributed by atoms with Gasteiger partial charge in [-0.2, -0.15) is 0 Å². The minimum absolute atomic E-state index is 0.0798. The maximum atomic E-state index is 12.2. The van der Waals surface area contributed by atoms with Gasteiger partial charge < -0.3 is 14.8 Å². The summed E-state index contributed by atoms with van der Waals surface area (Å²) in [6.45, 7) is 3.94. The van der Waals surface area contributed by atoms with Crippen LogP contribution in [0.25, 0.3) is 0 Å². The molecule has 0 saturated carbocycles. The number of rotatable bonds is 7. The number of carboxylic acids is 1. The van der Waals surface area contributed by atoms with Crippen molar-refractivity contribution in [2.45, 2.75) is 26.7 Å². The molecular formula is C18H21NO4. The van der Waals surface area contributed by atoms with Crippen molar-refractivity contribution in [1.82, 2.24) is 5.32 Å². The van der Waals surface area contributed by atoms with Crippen LogP contribution in [-0.2, 0) is 17.6 Å². The van der Waals surface area contributed by atoms with E-state index in [0.717, 1.165) is 11.1 Å². The Morgan fingerprint density at radius 3 is 2.74 bits per heavy atom. The van der Waals surface area contributed by atoms with Crippen LogP contribution >= 0.6 is 0 Å². The Bertz CT molecular complexity index is 690. The predicted molar refractivity (Wildman–Crippen MR) is 86.4 cm³/mol. The highest BCUT2D eigenvalue weighted by atomic mass is 16.4. The molecule has 0 aliphatic heterocycles. The fourth-order valence-corrected chi connectivity index (χ4v) is 2.50. The number of nitrogens with one attached hydrogen (secondary N) is 1. The van der Waals surface area contributed by atoms with Crippen molar-refractivity contribution in [2.75, 3.05) is 6.54 Å². The lowest BCUT2D eigenvalue weighted by Crippen LogP contribution is -2.34. The molecule has 0 saturated heterocycles. The molecule has 2 N–H and O–H groups in total. The van der Waals surface area contributed by atoms with E-state index in [9.17, 15) is 14.7 Å². The summed E-state index contributed by atoms with van der Waals surface area (Å²) in [5.41, 5.74) is 2.50. The van der Waals surface area contributed by atoms with E-state index in [1.807, 2.05) is 38.1 Å². The number of aryl methyl sites for hydroxylation is 2. The SMILES string of the molecule is CCc1occc1C(=O)NCC(Cc1cccc(C)c1)C(=O)O. The van der Waals surface area contributed by atoms with Gasteiger partial charge in [0.05, 0.1) is 17.7 Å². The smallest absolute Gasteiger partial charge is 0.308 e. The van der Waals surface area contributed by atoms with Gasteiger partial charge in [0.2, 0.25) is 0 Å². The summed E-state index contributed by atoms with van der Waals surface area (Å²) in [7, 11) is 0. The topological polar surface area (TPSA) is 79.5 Å². The van der Waals surface area contributed by atoms with Crippen LogP contribution in [0.4, 0.5) is 0 Å². The number of aliphatic carboxylic acids is 1. The maximum Gasteiger partial charge on any atom is 0.308 e. The molecule has 1 aromatic heterocycles. The number of hydrogen-bond acceptors (Lipinski definition) is 3. The standard InChI is InChI=1S/C18H21NO4/c1-3-16-15(7-8-23-16)17(20)19-11-14(18(21)22)10-13-6-4-5-12(2)9-13/h4-9,14H,3,10-11H2,1-2H3,(H,19,20)(H,21,22). The number of carboxylic acid groups (broad SMARTS) is 1. The van der Waals surface area contributed by atoms with Gasteiger partial charge in [-0.1, -0.05) is 36.8 Å². The Morgan fingerprint density at radius 1 is 1.30 bits per heavy atom. The van der Waals surface area contributed by atoms with E-state index in [2.05, 4.69) is 5.32 Å². The quantitative estimate of drug-likeness (QED) is 0.823. The fraction of sp³-hybridized carbons (Fsp3) is 0.333. The minimum Gasteiger partial charge on any atom is -0.481 e. The summed E-state index contributed by atoms with van der Waals surface area (Å²) in [6, 6.07) is 9.33. The molecule has 1 amide bonds. The molecule has 1 aromatic carbocycles. The van der Waals surface area contributed by atoms with E-state index in [4.69, 9.17) is 4.42 Å². The van der Waals surface area contributed by atoms with Crippen molar-refractivity contribution >= 4 is 11.9 Å². The normalized spacial score (nSPS) is 11.9. The number of amides is 1. The lowest BCUT2D eigenvalue weighted by atomic mass is 9.98. The van der Waals surface area contributed by atoms with Crippen molar-refractivity contribution < 1.29 is 19.1 Å². The molecule has 0 radical (unpaired) electrons. The highest BCUT2D eigenvalue weighted by molar-refractivity contribution is 5.95. The molecule has 0 spiro atoms.